The first kappa shape index (κ1) is 18.1. The van der Waals surface area contributed by atoms with Crippen LogP contribution in [0, 0.1) is 12.7 Å². The van der Waals surface area contributed by atoms with Crippen molar-refractivity contribution < 1.29 is 13.9 Å². The normalized spacial score (nSPS) is 23.8. The Hall–Kier alpha value is -2.31. The second-order valence-corrected chi connectivity index (χ2v) is 7.55. The van der Waals surface area contributed by atoms with Crippen LogP contribution in [0.2, 0.25) is 0 Å². The summed E-state index contributed by atoms with van der Waals surface area (Å²) in [6.45, 7) is 5.15. The van der Waals surface area contributed by atoms with Gasteiger partial charge < -0.3 is 9.64 Å². The van der Waals surface area contributed by atoms with Gasteiger partial charge in [-0.1, -0.05) is 6.07 Å². The fourth-order valence-electron chi connectivity index (χ4n) is 3.99. The maximum atomic E-state index is 13.2. The summed E-state index contributed by atoms with van der Waals surface area (Å²) < 4.78 is 19.3. The van der Waals surface area contributed by atoms with Gasteiger partial charge in [-0.15, -0.1) is 0 Å². The number of carbonyl (C=O) groups excluding carboxylic acids is 1. The minimum absolute atomic E-state index is 0.0668. The summed E-state index contributed by atoms with van der Waals surface area (Å²) in [5.41, 5.74) is 2.54. The summed E-state index contributed by atoms with van der Waals surface area (Å²) in [4.78, 5) is 20.9. The Labute approximate surface area is 158 Å². The number of carbonyl (C=O) groups is 1. The van der Waals surface area contributed by atoms with Crippen LogP contribution in [-0.4, -0.2) is 47.6 Å². The number of rotatable bonds is 3. The van der Waals surface area contributed by atoms with Gasteiger partial charge in [-0.2, -0.15) is 0 Å². The number of pyridine rings is 1. The molecule has 2 saturated heterocycles. The third kappa shape index (κ3) is 4.01. The molecule has 3 heterocycles. The van der Waals surface area contributed by atoms with E-state index < -0.39 is 0 Å². The zero-order valence-electron chi connectivity index (χ0n) is 15.5. The number of hydrogen-bond acceptors (Lipinski definition) is 4. The summed E-state index contributed by atoms with van der Waals surface area (Å²) in [5, 5.41) is 0. The maximum Gasteiger partial charge on any atom is 0.253 e. The molecule has 6 heteroatoms. The van der Waals surface area contributed by atoms with Crippen molar-refractivity contribution >= 4 is 11.6 Å². The number of aromatic nitrogens is 1. The molecule has 2 aliphatic heterocycles. The molecule has 0 radical (unpaired) electrons. The van der Waals surface area contributed by atoms with E-state index in [1.807, 2.05) is 19.2 Å². The summed E-state index contributed by atoms with van der Waals surface area (Å²) >= 11 is 0. The van der Waals surface area contributed by atoms with Crippen molar-refractivity contribution in [2.75, 3.05) is 31.1 Å². The number of piperidine rings is 1. The van der Waals surface area contributed by atoms with Crippen LogP contribution in [0.4, 0.5) is 10.1 Å². The number of hydrogen-bond donors (Lipinski definition) is 0. The van der Waals surface area contributed by atoms with Gasteiger partial charge in [0.2, 0.25) is 0 Å². The zero-order chi connectivity index (χ0) is 18.9. The van der Waals surface area contributed by atoms with Crippen LogP contribution in [-0.2, 0) is 16.1 Å². The van der Waals surface area contributed by atoms with Crippen molar-refractivity contribution in [3.63, 3.8) is 0 Å². The van der Waals surface area contributed by atoms with Gasteiger partial charge in [0, 0.05) is 30.7 Å². The van der Waals surface area contributed by atoms with Crippen LogP contribution in [0.25, 0.3) is 0 Å². The molecule has 2 aliphatic rings. The standard InChI is InChI=1S/C21H24FN3O2/c1-16-3-4-17(11-23-16)12-24-10-2-9-21(14-24)15-25(20(26)13-27-21)19-7-5-18(22)6-8-19/h3-8,11H,2,9-10,12-15H2,1H3. The van der Waals surface area contributed by atoms with Gasteiger partial charge in [-0.25, -0.2) is 4.39 Å². The van der Waals surface area contributed by atoms with Gasteiger partial charge in [0.05, 0.1) is 12.1 Å². The number of morpholine rings is 1. The van der Waals surface area contributed by atoms with Crippen LogP contribution < -0.4 is 4.90 Å². The fourth-order valence-corrected chi connectivity index (χ4v) is 3.99. The maximum absolute atomic E-state index is 13.2. The minimum atomic E-state index is -0.376. The van der Waals surface area contributed by atoms with Crippen LogP contribution in [0.1, 0.15) is 24.1 Å². The molecule has 2 fully saturated rings. The van der Waals surface area contributed by atoms with Gasteiger partial charge in [-0.3, -0.25) is 14.7 Å². The van der Waals surface area contributed by atoms with Crippen molar-refractivity contribution in [1.29, 1.82) is 0 Å². The Morgan fingerprint density at radius 2 is 2.00 bits per heavy atom. The average molecular weight is 369 g/mol. The van der Waals surface area contributed by atoms with Gasteiger partial charge in [0.25, 0.3) is 5.91 Å². The molecule has 5 nitrogen and oxygen atoms in total. The van der Waals surface area contributed by atoms with Gasteiger partial charge in [0.1, 0.15) is 12.4 Å². The lowest BCUT2D eigenvalue weighted by atomic mass is 9.90. The van der Waals surface area contributed by atoms with Crippen LogP contribution in [0.15, 0.2) is 42.6 Å². The lowest BCUT2D eigenvalue weighted by molar-refractivity contribution is -0.146. The average Bonchev–Trinajstić information content (AvgIpc) is 2.67. The van der Waals surface area contributed by atoms with Crippen molar-refractivity contribution in [3.05, 3.63) is 59.7 Å². The molecular weight excluding hydrogens is 345 g/mol. The molecule has 1 unspecified atom stereocenters. The summed E-state index contributed by atoms with van der Waals surface area (Å²) in [6.07, 6.45) is 3.86. The number of halogens is 1. The Kier molecular flexibility index (Phi) is 4.93. The van der Waals surface area contributed by atoms with E-state index in [1.165, 1.54) is 17.7 Å². The number of amides is 1. The molecule has 27 heavy (non-hydrogen) atoms. The highest BCUT2D eigenvalue weighted by Gasteiger charge is 2.43. The molecule has 0 saturated carbocycles. The molecule has 142 valence electrons. The predicted octanol–water partition coefficient (Wildman–Crippen LogP) is 2.93. The molecule has 4 rings (SSSR count). The van der Waals surface area contributed by atoms with Gasteiger partial charge in [0.15, 0.2) is 0 Å². The number of ether oxygens (including phenoxy) is 1. The molecular formula is C21H24FN3O2. The SMILES string of the molecule is Cc1ccc(CN2CCCC3(C2)CN(c2ccc(F)cc2)C(=O)CO3)cn1. The third-order valence-electron chi connectivity index (χ3n) is 5.38. The van der Waals surface area contributed by atoms with Gasteiger partial charge in [-0.05, 0) is 62.2 Å². The van der Waals surface area contributed by atoms with E-state index in [0.29, 0.717) is 6.54 Å². The molecule has 0 aliphatic carbocycles. The van der Waals surface area contributed by atoms with E-state index in [9.17, 15) is 9.18 Å². The first-order valence-electron chi connectivity index (χ1n) is 9.37. The largest absolute Gasteiger partial charge is 0.362 e. The topological polar surface area (TPSA) is 45.7 Å². The van der Waals surface area contributed by atoms with Crippen molar-refractivity contribution in [2.45, 2.75) is 31.9 Å². The van der Waals surface area contributed by atoms with E-state index in [1.54, 1.807) is 17.0 Å². The Balaban J connectivity index is 1.48. The Morgan fingerprint density at radius 3 is 2.74 bits per heavy atom. The molecule has 0 bridgehead atoms. The number of aryl methyl sites for hydroxylation is 1. The first-order chi connectivity index (χ1) is 13.0. The summed E-state index contributed by atoms with van der Waals surface area (Å²) in [6, 6.07) is 10.2. The predicted molar refractivity (Wildman–Crippen MR) is 101 cm³/mol. The van der Waals surface area contributed by atoms with Gasteiger partial charge >= 0.3 is 0 Å². The Bertz CT molecular complexity index is 809. The molecule has 2 aromatic rings. The van der Waals surface area contributed by atoms with Crippen LogP contribution in [0.3, 0.4) is 0 Å². The number of nitrogens with zero attached hydrogens (tertiary/aromatic N) is 3. The monoisotopic (exact) mass is 369 g/mol. The lowest BCUT2D eigenvalue weighted by Gasteiger charge is -2.47. The van der Waals surface area contributed by atoms with Crippen molar-refractivity contribution in [2.24, 2.45) is 0 Å². The zero-order valence-corrected chi connectivity index (χ0v) is 15.5. The second kappa shape index (κ2) is 7.37. The molecule has 1 spiro atoms. The summed E-state index contributed by atoms with van der Waals surface area (Å²) in [5.74, 6) is -0.378. The minimum Gasteiger partial charge on any atom is -0.362 e. The lowest BCUT2D eigenvalue weighted by Crippen LogP contribution is -2.61. The van der Waals surface area contributed by atoms with E-state index in [4.69, 9.17) is 4.74 Å². The summed E-state index contributed by atoms with van der Waals surface area (Å²) in [7, 11) is 0. The van der Waals surface area contributed by atoms with E-state index in [-0.39, 0.29) is 23.9 Å². The highest BCUT2D eigenvalue weighted by molar-refractivity contribution is 5.95. The van der Waals surface area contributed by atoms with E-state index >= 15 is 0 Å². The smallest absolute Gasteiger partial charge is 0.253 e. The highest BCUT2D eigenvalue weighted by atomic mass is 19.1. The number of benzene rings is 1. The second-order valence-electron chi connectivity index (χ2n) is 7.55. The highest BCUT2D eigenvalue weighted by Crippen LogP contribution is 2.32. The molecule has 1 aromatic heterocycles. The Morgan fingerprint density at radius 1 is 1.19 bits per heavy atom. The first-order valence-corrected chi connectivity index (χ1v) is 9.37. The quantitative estimate of drug-likeness (QED) is 0.835. The molecule has 1 aromatic carbocycles. The van der Waals surface area contributed by atoms with E-state index in [2.05, 4.69) is 16.0 Å². The molecule has 0 N–H and O–H groups in total. The number of likely N-dealkylation sites (tertiary alicyclic amines) is 1. The fraction of sp³-hybridized carbons (Fsp3) is 0.429. The number of anilines is 1. The molecule has 1 atom stereocenters. The van der Waals surface area contributed by atoms with Crippen molar-refractivity contribution in [3.8, 4) is 0 Å². The van der Waals surface area contributed by atoms with Crippen LogP contribution in [0.5, 0.6) is 0 Å². The molecule has 1 amide bonds. The van der Waals surface area contributed by atoms with Crippen LogP contribution >= 0.6 is 0 Å². The van der Waals surface area contributed by atoms with Crippen molar-refractivity contribution in [1.82, 2.24) is 9.88 Å². The van der Waals surface area contributed by atoms with E-state index in [0.717, 1.165) is 43.9 Å². The third-order valence-corrected chi connectivity index (χ3v) is 5.38.